The normalized spacial score (nSPS) is 25.0. The number of carbonyl (C=O) groups is 2. The molecule has 0 bridgehead atoms. The SMILES string of the molecule is CC(c1ccccc1)N1CCC(NC(=O)C2CC(=O)N(CC(F)(F)F)C2)C1. The second-order valence-corrected chi connectivity index (χ2v) is 7.37. The molecular weight excluding hydrogens is 359 g/mol. The van der Waals surface area contributed by atoms with Crippen molar-refractivity contribution in [3.8, 4) is 0 Å². The molecule has 8 heteroatoms. The fourth-order valence-corrected chi connectivity index (χ4v) is 3.84. The highest BCUT2D eigenvalue weighted by Gasteiger charge is 2.41. The molecule has 2 fully saturated rings. The standard InChI is InChI=1S/C19H24F3N3O2/c1-13(14-5-3-2-4-6-14)24-8-7-16(11-24)23-18(27)15-9-17(26)25(10-15)12-19(20,21)22/h2-6,13,15-16H,7-12H2,1H3,(H,23,27). The van der Waals surface area contributed by atoms with Crippen LogP contribution in [-0.4, -0.2) is 60.0 Å². The predicted molar refractivity (Wildman–Crippen MR) is 93.7 cm³/mol. The zero-order chi connectivity index (χ0) is 19.6. The minimum atomic E-state index is -4.44. The Morgan fingerprint density at radius 1 is 1.26 bits per heavy atom. The average molecular weight is 383 g/mol. The van der Waals surface area contributed by atoms with Crippen molar-refractivity contribution in [3.63, 3.8) is 0 Å². The molecule has 1 aromatic carbocycles. The van der Waals surface area contributed by atoms with Crippen LogP contribution in [-0.2, 0) is 9.59 Å². The number of hydrogen-bond donors (Lipinski definition) is 1. The van der Waals surface area contributed by atoms with E-state index in [-0.39, 0.29) is 31.0 Å². The number of carbonyl (C=O) groups excluding carboxylic acids is 2. The molecule has 2 saturated heterocycles. The lowest BCUT2D eigenvalue weighted by atomic mass is 10.1. The molecule has 1 N–H and O–H groups in total. The molecule has 2 amide bonds. The molecule has 0 spiro atoms. The summed E-state index contributed by atoms with van der Waals surface area (Å²) in [6.07, 6.45) is -3.81. The van der Waals surface area contributed by atoms with Gasteiger partial charge in [0.15, 0.2) is 0 Å². The van der Waals surface area contributed by atoms with Crippen LogP contribution < -0.4 is 5.32 Å². The molecule has 3 unspecified atom stereocenters. The van der Waals surface area contributed by atoms with Crippen molar-refractivity contribution in [3.05, 3.63) is 35.9 Å². The summed E-state index contributed by atoms with van der Waals surface area (Å²) in [5.41, 5.74) is 1.20. The number of nitrogens with one attached hydrogen (secondary N) is 1. The van der Waals surface area contributed by atoms with E-state index in [1.165, 1.54) is 5.56 Å². The molecule has 2 aliphatic rings. The Morgan fingerprint density at radius 3 is 2.63 bits per heavy atom. The molecule has 2 aliphatic heterocycles. The Bertz CT molecular complexity index is 681. The Kier molecular flexibility index (Phi) is 5.74. The first kappa shape index (κ1) is 19.7. The first-order valence-electron chi connectivity index (χ1n) is 9.17. The summed E-state index contributed by atoms with van der Waals surface area (Å²) in [6, 6.07) is 10.3. The van der Waals surface area contributed by atoms with Gasteiger partial charge in [0.2, 0.25) is 11.8 Å². The summed E-state index contributed by atoms with van der Waals surface area (Å²) in [5, 5.41) is 2.92. The van der Waals surface area contributed by atoms with Gasteiger partial charge in [0.1, 0.15) is 6.54 Å². The number of hydrogen-bond acceptors (Lipinski definition) is 3. The molecule has 2 heterocycles. The lowest BCUT2D eigenvalue weighted by Gasteiger charge is -2.25. The monoisotopic (exact) mass is 383 g/mol. The van der Waals surface area contributed by atoms with Crippen LogP contribution in [0.1, 0.15) is 31.4 Å². The highest BCUT2D eigenvalue weighted by molar-refractivity contribution is 5.89. The Balaban J connectivity index is 1.50. The second kappa shape index (κ2) is 7.88. The Hall–Kier alpha value is -2.09. The van der Waals surface area contributed by atoms with Gasteiger partial charge in [-0.3, -0.25) is 14.5 Å². The van der Waals surface area contributed by atoms with Gasteiger partial charge < -0.3 is 10.2 Å². The van der Waals surface area contributed by atoms with E-state index >= 15 is 0 Å². The topological polar surface area (TPSA) is 52.7 Å². The van der Waals surface area contributed by atoms with Crippen LogP contribution in [0.15, 0.2) is 30.3 Å². The summed E-state index contributed by atoms with van der Waals surface area (Å²) >= 11 is 0. The van der Waals surface area contributed by atoms with Crippen molar-refractivity contribution < 1.29 is 22.8 Å². The maximum Gasteiger partial charge on any atom is 0.406 e. The van der Waals surface area contributed by atoms with E-state index < -0.39 is 24.5 Å². The van der Waals surface area contributed by atoms with Crippen molar-refractivity contribution in [2.45, 2.75) is 38.0 Å². The number of alkyl halides is 3. The minimum Gasteiger partial charge on any atom is -0.352 e. The van der Waals surface area contributed by atoms with E-state index in [1.54, 1.807) is 0 Å². The molecule has 0 aromatic heterocycles. The van der Waals surface area contributed by atoms with Crippen LogP contribution in [0.3, 0.4) is 0 Å². The first-order valence-corrected chi connectivity index (χ1v) is 9.17. The fraction of sp³-hybridized carbons (Fsp3) is 0.579. The van der Waals surface area contributed by atoms with Crippen LogP contribution in [0.25, 0.3) is 0 Å². The third-order valence-electron chi connectivity index (χ3n) is 5.35. The van der Waals surface area contributed by atoms with E-state index in [2.05, 4.69) is 29.3 Å². The highest BCUT2D eigenvalue weighted by Crippen LogP contribution is 2.26. The van der Waals surface area contributed by atoms with Crippen molar-refractivity contribution in [2.24, 2.45) is 5.92 Å². The zero-order valence-corrected chi connectivity index (χ0v) is 15.2. The predicted octanol–water partition coefficient (Wildman–Crippen LogP) is 2.35. The summed E-state index contributed by atoms with van der Waals surface area (Å²) in [6.45, 7) is 2.19. The van der Waals surface area contributed by atoms with Gasteiger partial charge in [0.25, 0.3) is 0 Å². The lowest BCUT2D eigenvalue weighted by molar-refractivity contribution is -0.157. The third-order valence-corrected chi connectivity index (χ3v) is 5.35. The number of amides is 2. The maximum absolute atomic E-state index is 12.5. The van der Waals surface area contributed by atoms with Crippen LogP contribution in [0.5, 0.6) is 0 Å². The second-order valence-electron chi connectivity index (χ2n) is 7.37. The summed E-state index contributed by atoms with van der Waals surface area (Å²) in [7, 11) is 0. The van der Waals surface area contributed by atoms with Gasteiger partial charge in [-0.1, -0.05) is 30.3 Å². The van der Waals surface area contributed by atoms with Crippen molar-refractivity contribution >= 4 is 11.8 Å². The number of benzene rings is 1. The number of halogens is 3. The van der Waals surface area contributed by atoms with Gasteiger partial charge in [-0.05, 0) is 18.9 Å². The number of rotatable bonds is 5. The smallest absolute Gasteiger partial charge is 0.352 e. The van der Waals surface area contributed by atoms with E-state index in [1.807, 2.05) is 18.2 Å². The molecule has 0 saturated carbocycles. The van der Waals surface area contributed by atoms with Crippen LogP contribution in [0.2, 0.25) is 0 Å². The molecule has 0 radical (unpaired) electrons. The molecular formula is C19H24F3N3O2. The number of likely N-dealkylation sites (tertiary alicyclic amines) is 2. The minimum absolute atomic E-state index is 0.0459. The number of nitrogens with zero attached hydrogens (tertiary/aromatic N) is 2. The quantitative estimate of drug-likeness (QED) is 0.849. The summed E-state index contributed by atoms with van der Waals surface area (Å²) < 4.78 is 37.5. The highest BCUT2D eigenvalue weighted by atomic mass is 19.4. The van der Waals surface area contributed by atoms with Gasteiger partial charge in [0.05, 0.1) is 5.92 Å². The van der Waals surface area contributed by atoms with E-state index in [0.717, 1.165) is 17.9 Å². The van der Waals surface area contributed by atoms with E-state index in [4.69, 9.17) is 0 Å². The lowest BCUT2D eigenvalue weighted by Crippen LogP contribution is -2.42. The maximum atomic E-state index is 12.5. The Labute approximate surface area is 156 Å². The molecule has 3 atom stereocenters. The van der Waals surface area contributed by atoms with Gasteiger partial charge in [-0.25, -0.2) is 0 Å². The van der Waals surface area contributed by atoms with Crippen LogP contribution in [0, 0.1) is 5.92 Å². The van der Waals surface area contributed by atoms with Gasteiger partial charge in [-0.15, -0.1) is 0 Å². The third kappa shape index (κ3) is 5.00. The van der Waals surface area contributed by atoms with Gasteiger partial charge in [-0.2, -0.15) is 13.2 Å². The molecule has 3 rings (SSSR count). The molecule has 148 valence electrons. The largest absolute Gasteiger partial charge is 0.406 e. The molecule has 5 nitrogen and oxygen atoms in total. The summed E-state index contributed by atoms with van der Waals surface area (Å²) in [5.74, 6) is -1.65. The van der Waals surface area contributed by atoms with Crippen molar-refractivity contribution in [2.75, 3.05) is 26.2 Å². The average Bonchev–Trinajstić information content (AvgIpc) is 3.21. The van der Waals surface area contributed by atoms with Crippen molar-refractivity contribution in [1.29, 1.82) is 0 Å². The molecule has 1 aromatic rings. The van der Waals surface area contributed by atoms with Crippen LogP contribution in [0.4, 0.5) is 13.2 Å². The van der Waals surface area contributed by atoms with Gasteiger partial charge >= 0.3 is 6.18 Å². The van der Waals surface area contributed by atoms with Crippen molar-refractivity contribution in [1.82, 2.24) is 15.1 Å². The Morgan fingerprint density at radius 2 is 1.96 bits per heavy atom. The molecule has 27 heavy (non-hydrogen) atoms. The van der Waals surface area contributed by atoms with E-state index in [9.17, 15) is 22.8 Å². The van der Waals surface area contributed by atoms with Crippen LogP contribution >= 0.6 is 0 Å². The summed E-state index contributed by atoms with van der Waals surface area (Å²) in [4.78, 5) is 27.2. The fourth-order valence-electron chi connectivity index (χ4n) is 3.84. The van der Waals surface area contributed by atoms with E-state index in [0.29, 0.717) is 6.54 Å². The van der Waals surface area contributed by atoms with Gasteiger partial charge in [0, 0.05) is 38.1 Å². The zero-order valence-electron chi connectivity index (χ0n) is 15.2. The first-order chi connectivity index (χ1) is 12.7. The molecule has 0 aliphatic carbocycles.